The van der Waals surface area contributed by atoms with E-state index in [0.717, 1.165) is 0 Å². The highest BCUT2D eigenvalue weighted by Crippen LogP contribution is 2.20. The maximum absolute atomic E-state index is 13.6. The Hall–Kier alpha value is -1.60. The van der Waals surface area contributed by atoms with E-state index in [4.69, 9.17) is 10.00 Å². The number of rotatable bonds is 5. The summed E-state index contributed by atoms with van der Waals surface area (Å²) in [6, 6.07) is 7.18. The first kappa shape index (κ1) is 13.5. The summed E-state index contributed by atoms with van der Waals surface area (Å²) in [5.74, 6) is -0.1000. The number of halogens is 1. The molecule has 0 heterocycles. The van der Waals surface area contributed by atoms with E-state index >= 15 is 0 Å². The summed E-state index contributed by atoms with van der Waals surface area (Å²) < 4.78 is 18.9. The van der Waals surface area contributed by atoms with Gasteiger partial charge in [-0.1, -0.05) is 12.1 Å². The van der Waals surface area contributed by atoms with E-state index in [-0.39, 0.29) is 11.6 Å². The molecule has 92 valence electrons. The standard InChI is InChI=1S/C13H17FN2O/c1-10-5-4-6-11(12(10)14)17-8-7-13(2,9-15)16-3/h4-6,16H,7-8H2,1-3H3. The van der Waals surface area contributed by atoms with Gasteiger partial charge in [0.15, 0.2) is 11.6 Å². The summed E-state index contributed by atoms with van der Waals surface area (Å²) >= 11 is 0. The van der Waals surface area contributed by atoms with Crippen molar-refractivity contribution in [2.45, 2.75) is 25.8 Å². The predicted octanol–water partition coefficient (Wildman–Crippen LogP) is 2.40. The van der Waals surface area contributed by atoms with Crippen LogP contribution in [0.25, 0.3) is 0 Å². The average Bonchev–Trinajstić information content (AvgIpc) is 2.34. The van der Waals surface area contributed by atoms with Crippen LogP contribution in [0.1, 0.15) is 18.9 Å². The third-order valence-corrected chi connectivity index (χ3v) is 2.81. The molecular weight excluding hydrogens is 219 g/mol. The summed E-state index contributed by atoms with van der Waals surface area (Å²) in [6.07, 6.45) is 0.493. The van der Waals surface area contributed by atoms with E-state index in [9.17, 15) is 4.39 Å². The summed E-state index contributed by atoms with van der Waals surface area (Å²) in [6.45, 7) is 3.77. The Bertz CT molecular complexity index is 428. The number of benzene rings is 1. The molecule has 17 heavy (non-hydrogen) atoms. The minimum atomic E-state index is -0.639. The van der Waals surface area contributed by atoms with E-state index < -0.39 is 5.54 Å². The van der Waals surface area contributed by atoms with Crippen molar-refractivity contribution in [3.05, 3.63) is 29.6 Å². The highest BCUT2D eigenvalue weighted by atomic mass is 19.1. The number of hydrogen-bond donors (Lipinski definition) is 1. The molecule has 0 amide bonds. The van der Waals surface area contributed by atoms with Crippen LogP contribution >= 0.6 is 0 Å². The fraction of sp³-hybridized carbons (Fsp3) is 0.462. The summed E-state index contributed by atoms with van der Waals surface area (Å²) in [7, 11) is 1.72. The number of hydrogen-bond acceptors (Lipinski definition) is 3. The fourth-order valence-electron chi connectivity index (χ4n) is 1.33. The molecule has 0 radical (unpaired) electrons. The van der Waals surface area contributed by atoms with Gasteiger partial charge < -0.3 is 10.1 Å². The van der Waals surface area contributed by atoms with Crippen LogP contribution in [0, 0.1) is 24.1 Å². The van der Waals surface area contributed by atoms with Crippen molar-refractivity contribution in [1.82, 2.24) is 5.32 Å². The van der Waals surface area contributed by atoms with Crippen LogP contribution in [0.3, 0.4) is 0 Å². The molecule has 1 aromatic rings. The third-order valence-electron chi connectivity index (χ3n) is 2.81. The lowest BCUT2D eigenvalue weighted by atomic mass is 10.0. The van der Waals surface area contributed by atoms with Crippen LogP contribution in [-0.2, 0) is 0 Å². The number of nitrogens with one attached hydrogen (secondary N) is 1. The van der Waals surface area contributed by atoms with Gasteiger partial charge in [-0.3, -0.25) is 0 Å². The first-order chi connectivity index (χ1) is 8.02. The lowest BCUT2D eigenvalue weighted by Crippen LogP contribution is -2.39. The minimum absolute atomic E-state index is 0.237. The fourth-order valence-corrected chi connectivity index (χ4v) is 1.33. The van der Waals surface area contributed by atoms with Gasteiger partial charge in [-0.15, -0.1) is 0 Å². The van der Waals surface area contributed by atoms with Crippen LogP contribution in [-0.4, -0.2) is 19.2 Å². The maximum atomic E-state index is 13.6. The molecular formula is C13H17FN2O. The van der Waals surface area contributed by atoms with Gasteiger partial charge in [-0.05, 0) is 32.5 Å². The molecule has 0 bridgehead atoms. The molecule has 0 saturated heterocycles. The van der Waals surface area contributed by atoms with Gasteiger partial charge in [0, 0.05) is 6.42 Å². The highest BCUT2D eigenvalue weighted by Gasteiger charge is 2.21. The Balaban J connectivity index is 2.58. The lowest BCUT2D eigenvalue weighted by Gasteiger charge is -2.20. The Kier molecular flexibility index (Phi) is 4.47. The van der Waals surface area contributed by atoms with Gasteiger partial charge in [0.2, 0.25) is 0 Å². The van der Waals surface area contributed by atoms with Gasteiger partial charge >= 0.3 is 0 Å². The zero-order valence-electron chi connectivity index (χ0n) is 10.4. The first-order valence-electron chi connectivity index (χ1n) is 5.50. The van der Waals surface area contributed by atoms with Gasteiger partial charge in [-0.25, -0.2) is 4.39 Å². The molecule has 1 unspecified atom stereocenters. The molecule has 0 fully saturated rings. The lowest BCUT2D eigenvalue weighted by molar-refractivity contribution is 0.262. The van der Waals surface area contributed by atoms with Crippen molar-refractivity contribution < 1.29 is 9.13 Å². The van der Waals surface area contributed by atoms with E-state index in [1.54, 1.807) is 39.1 Å². The largest absolute Gasteiger partial charge is 0.490 e. The molecule has 1 atom stereocenters. The zero-order chi connectivity index (χ0) is 12.9. The molecule has 0 aromatic heterocycles. The van der Waals surface area contributed by atoms with Gasteiger partial charge in [0.05, 0.1) is 12.7 Å². The number of nitriles is 1. The molecule has 0 aliphatic carbocycles. The van der Waals surface area contributed by atoms with E-state index in [2.05, 4.69) is 11.4 Å². The normalized spacial score (nSPS) is 13.8. The predicted molar refractivity (Wildman–Crippen MR) is 64.3 cm³/mol. The Morgan fingerprint density at radius 1 is 1.53 bits per heavy atom. The van der Waals surface area contributed by atoms with Crippen LogP contribution in [0.4, 0.5) is 4.39 Å². The van der Waals surface area contributed by atoms with Crippen molar-refractivity contribution in [2.24, 2.45) is 0 Å². The summed E-state index contributed by atoms with van der Waals surface area (Å²) in [4.78, 5) is 0. The second kappa shape index (κ2) is 5.65. The first-order valence-corrected chi connectivity index (χ1v) is 5.50. The van der Waals surface area contributed by atoms with Crippen molar-refractivity contribution in [3.63, 3.8) is 0 Å². The van der Waals surface area contributed by atoms with Crippen LogP contribution in [0.5, 0.6) is 5.75 Å². The van der Waals surface area contributed by atoms with E-state index in [1.165, 1.54) is 0 Å². The number of nitrogens with zero attached hydrogens (tertiary/aromatic N) is 1. The highest BCUT2D eigenvalue weighted by molar-refractivity contribution is 5.30. The van der Waals surface area contributed by atoms with Crippen molar-refractivity contribution >= 4 is 0 Å². The van der Waals surface area contributed by atoms with E-state index in [0.29, 0.717) is 18.6 Å². The quantitative estimate of drug-likeness (QED) is 0.853. The van der Waals surface area contributed by atoms with Crippen molar-refractivity contribution in [1.29, 1.82) is 5.26 Å². The van der Waals surface area contributed by atoms with Crippen molar-refractivity contribution in [2.75, 3.05) is 13.7 Å². The molecule has 0 saturated carbocycles. The van der Waals surface area contributed by atoms with Crippen molar-refractivity contribution in [3.8, 4) is 11.8 Å². The second-order valence-electron chi connectivity index (χ2n) is 4.18. The van der Waals surface area contributed by atoms with Gasteiger partial charge in [0.25, 0.3) is 0 Å². The average molecular weight is 236 g/mol. The smallest absolute Gasteiger partial charge is 0.167 e. The Labute approximate surface area is 101 Å². The SMILES string of the molecule is CNC(C)(C#N)CCOc1cccc(C)c1F. The molecule has 1 N–H and O–H groups in total. The van der Waals surface area contributed by atoms with Crippen LogP contribution in [0.2, 0.25) is 0 Å². The zero-order valence-corrected chi connectivity index (χ0v) is 10.4. The minimum Gasteiger partial charge on any atom is -0.490 e. The van der Waals surface area contributed by atoms with E-state index in [1.807, 2.05) is 0 Å². The number of aryl methyl sites for hydroxylation is 1. The van der Waals surface area contributed by atoms with Crippen LogP contribution < -0.4 is 10.1 Å². The molecule has 1 rings (SSSR count). The molecule has 4 heteroatoms. The van der Waals surface area contributed by atoms with Crippen LogP contribution in [0.15, 0.2) is 18.2 Å². The maximum Gasteiger partial charge on any atom is 0.167 e. The second-order valence-corrected chi connectivity index (χ2v) is 4.18. The molecule has 1 aromatic carbocycles. The molecule has 0 aliphatic heterocycles. The molecule has 3 nitrogen and oxygen atoms in total. The summed E-state index contributed by atoms with van der Waals surface area (Å²) in [5.41, 5.74) is -0.0838. The van der Waals surface area contributed by atoms with Gasteiger partial charge in [0.1, 0.15) is 5.54 Å². The molecule has 0 spiro atoms. The number of ether oxygens (including phenoxy) is 1. The monoisotopic (exact) mass is 236 g/mol. The molecule has 0 aliphatic rings. The topological polar surface area (TPSA) is 45.0 Å². The Morgan fingerprint density at radius 3 is 2.82 bits per heavy atom. The third kappa shape index (κ3) is 3.43. The summed E-state index contributed by atoms with van der Waals surface area (Å²) in [5, 5.41) is 11.8. The van der Waals surface area contributed by atoms with Gasteiger partial charge in [-0.2, -0.15) is 5.26 Å². The Morgan fingerprint density at radius 2 is 2.24 bits per heavy atom.